The van der Waals surface area contributed by atoms with Crippen molar-refractivity contribution in [2.45, 2.75) is 18.8 Å². The molecule has 3 heteroatoms. The van der Waals surface area contributed by atoms with Crippen LogP contribution in [-0.2, 0) is 0 Å². The molecule has 178 valence electrons. The highest BCUT2D eigenvalue weighted by Gasteiger charge is 2.52. The van der Waals surface area contributed by atoms with Gasteiger partial charge in [-0.3, -0.25) is 0 Å². The Morgan fingerprint density at radius 3 is 2.45 bits per heavy atom. The van der Waals surface area contributed by atoms with Crippen molar-refractivity contribution in [1.29, 1.82) is 0 Å². The van der Waals surface area contributed by atoms with Crippen molar-refractivity contribution in [3.63, 3.8) is 0 Å². The fourth-order valence-corrected chi connectivity index (χ4v) is 7.91. The summed E-state index contributed by atoms with van der Waals surface area (Å²) in [5.74, 6) is 0.875. The quantitative estimate of drug-likeness (QED) is 0.239. The highest BCUT2D eigenvalue weighted by atomic mass is 15.0. The Morgan fingerprint density at radius 2 is 1.63 bits per heavy atom. The minimum Gasteiger partial charge on any atom is -0.324 e. The number of rotatable bonds is 2. The number of benzene rings is 3. The Balaban J connectivity index is 1.49. The van der Waals surface area contributed by atoms with Gasteiger partial charge in [0.25, 0.3) is 6.71 Å². The van der Waals surface area contributed by atoms with Gasteiger partial charge in [0, 0.05) is 45.3 Å². The van der Waals surface area contributed by atoms with Crippen molar-refractivity contribution in [2.24, 2.45) is 0 Å². The molecule has 4 heterocycles. The van der Waals surface area contributed by atoms with E-state index in [0.29, 0.717) is 11.8 Å². The van der Waals surface area contributed by atoms with Crippen LogP contribution in [0.25, 0.3) is 44.3 Å². The van der Waals surface area contributed by atoms with Gasteiger partial charge in [0.1, 0.15) is 0 Å². The molecular formula is C35H25BN2. The summed E-state index contributed by atoms with van der Waals surface area (Å²) >= 11 is 0. The van der Waals surface area contributed by atoms with Gasteiger partial charge in [-0.25, -0.2) is 0 Å². The number of nitrogens with zero attached hydrogens (tertiary/aromatic N) is 2. The van der Waals surface area contributed by atoms with Crippen molar-refractivity contribution in [3.8, 4) is 16.8 Å². The molecule has 0 saturated carbocycles. The van der Waals surface area contributed by atoms with E-state index in [1.54, 1.807) is 0 Å². The maximum Gasteiger partial charge on any atom is 0.268 e. The summed E-state index contributed by atoms with van der Waals surface area (Å²) in [7, 11) is 0. The molecule has 0 saturated heterocycles. The summed E-state index contributed by atoms with van der Waals surface area (Å²) in [5, 5.41) is 2.65. The summed E-state index contributed by atoms with van der Waals surface area (Å²) in [4.78, 5) is 0. The van der Waals surface area contributed by atoms with E-state index in [4.69, 9.17) is 0 Å². The molecule has 3 aromatic carbocycles. The third-order valence-electron chi connectivity index (χ3n) is 9.22. The van der Waals surface area contributed by atoms with Crippen LogP contribution in [-0.4, -0.2) is 15.8 Å². The number of hydrogen-bond donors (Lipinski definition) is 0. The third kappa shape index (κ3) is 2.20. The standard InChI is InChI=1S/C35H25BN2/c1-3-12-29-27(4-2)36-32-26(20-19-25-22-15-10-11-18-28(22)38(29)34(25)32)31-30-23-16-8-9-17-24(23)33(30)37(35(31)36)21-13-6-5-7-14-21/h3-20,23-24H,1H2,2H3/b27-4+,29-12?/t23?,24-/m1/s1. The van der Waals surface area contributed by atoms with Crippen LogP contribution in [0.5, 0.6) is 0 Å². The predicted octanol–water partition coefficient (Wildman–Crippen LogP) is 7.01. The minimum atomic E-state index is 0.178. The third-order valence-corrected chi connectivity index (χ3v) is 9.22. The zero-order valence-electron chi connectivity index (χ0n) is 21.2. The van der Waals surface area contributed by atoms with Gasteiger partial charge in [-0.15, -0.1) is 0 Å². The van der Waals surface area contributed by atoms with Crippen molar-refractivity contribution in [1.82, 2.24) is 9.13 Å². The normalized spacial score (nSPS) is 21.8. The van der Waals surface area contributed by atoms with Crippen LogP contribution in [0.4, 0.5) is 0 Å². The van der Waals surface area contributed by atoms with E-state index in [0.717, 1.165) is 0 Å². The van der Waals surface area contributed by atoms with Gasteiger partial charge in [-0.05, 0) is 58.8 Å². The number of fused-ring (bicyclic) bond motifs is 11. The SMILES string of the molecule is C=CC=C1/C(=C\C)B2c3c(ccc4c5ccccc5n1c34)-c1c3c(n(-c4ccccc4)c12)[C@@H]1C=CC=CC31. The van der Waals surface area contributed by atoms with Crippen molar-refractivity contribution in [2.75, 3.05) is 0 Å². The maximum atomic E-state index is 4.12. The lowest BCUT2D eigenvalue weighted by molar-refractivity contribution is 0.606. The van der Waals surface area contributed by atoms with Crippen LogP contribution in [0.3, 0.4) is 0 Å². The first-order valence-electron chi connectivity index (χ1n) is 13.6. The molecule has 0 bridgehead atoms. The average molecular weight is 484 g/mol. The first-order valence-corrected chi connectivity index (χ1v) is 13.6. The van der Waals surface area contributed by atoms with Crippen LogP contribution < -0.4 is 11.1 Å². The topological polar surface area (TPSA) is 9.86 Å². The van der Waals surface area contributed by atoms with Crippen molar-refractivity contribution < 1.29 is 0 Å². The van der Waals surface area contributed by atoms with Crippen LogP contribution in [0.1, 0.15) is 30.0 Å². The lowest BCUT2D eigenvalue weighted by atomic mass is 9.37. The molecule has 2 aliphatic carbocycles. The second kappa shape index (κ2) is 7.08. The Kier molecular flexibility index (Phi) is 3.83. The maximum absolute atomic E-state index is 4.12. The highest BCUT2D eigenvalue weighted by molar-refractivity contribution is 6.98. The second-order valence-corrected chi connectivity index (χ2v) is 10.8. The molecule has 2 nitrogen and oxygen atoms in total. The average Bonchev–Trinajstić information content (AvgIpc) is 3.56. The first kappa shape index (κ1) is 20.5. The molecule has 4 aliphatic rings. The largest absolute Gasteiger partial charge is 0.324 e. The summed E-state index contributed by atoms with van der Waals surface area (Å²) in [6.45, 7) is 6.50. The van der Waals surface area contributed by atoms with Crippen LogP contribution in [0, 0.1) is 0 Å². The van der Waals surface area contributed by atoms with E-state index >= 15 is 0 Å². The Morgan fingerprint density at radius 1 is 0.842 bits per heavy atom. The van der Waals surface area contributed by atoms with E-state index in [-0.39, 0.29) is 6.71 Å². The minimum absolute atomic E-state index is 0.178. The lowest BCUT2D eigenvalue weighted by Gasteiger charge is -2.38. The van der Waals surface area contributed by atoms with Gasteiger partial charge < -0.3 is 9.13 Å². The monoisotopic (exact) mass is 484 g/mol. The van der Waals surface area contributed by atoms with Gasteiger partial charge in [-0.1, -0.05) is 91.6 Å². The van der Waals surface area contributed by atoms with Gasteiger partial charge in [0.2, 0.25) is 0 Å². The summed E-state index contributed by atoms with van der Waals surface area (Å²) in [5.41, 5.74) is 15.2. The Labute approximate surface area is 222 Å². The van der Waals surface area contributed by atoms with Crippen LogP contribution in [0.15, 0.2) is 121 Å². The molecule has 2 aliphatic heterocycles. The summed E-state index contributed by atoms with van der Waals surface area (Å²) < 4.78 is 5.10. The van der Waals surface area contributed by atoms with E-state index in [2.05, 4.69) is 126 Å². The Hall–Kier alpha value is -4.50. The molecule has 0 N–H and O–H groups in total. The van der Waals surface area contributed by atoms with Crippen molar-refractivity contribution >= 4 is 45.3 Å². The predicted molar refractivity (Wildman–Crippen MR) is 161 cm³/mol. The van der Waals surface area contributed by atoms with E-state index in [9.17, 15) is 0 Å². The van der Waals surface area contributed by atoms with Gasteiger partial charge >= 0.3 is 0 Å². The van der Waals surface area contributed by atoms with Crippen LogP contribution >= 0.6 is 0 Å². The molecule has 0 fully saturated rings. The molecule has 38 heavy (non-hydrogen) atoms. The molecule has 5 aromatic rings. The van der Waals surface area contributed by atoms with Gasteiger partial charge in [-0.2, -0.15) is 0 Å². The summed E-state index contributed by atoms with van der Waals surface area (Å²) in [6, 6.07) is 24.6. The zero-order valence-corrected chi connectivity index (χ0v) is 21.2. The fraction of sp³-hybridized carbons (Fsp3) is 0.0857. The zero-order chi connectivity index (χ0) is 25.1. The van der Waals surface area contributed by atoms with Gasteiger partial charge in [0.15, 0.2) is 0 Å². The highest BCUT2D eigenvalue weighted by Crippen LogP contribution is 2.56. The molecule has 0 radical (unpaired) electrons. The summed E-state index contributed by atoms with van der Waals surface area (Å²) in [6.07, 6.45) is 15.7. The molecule has 1 unspecified atom stereocenters. The fourth-order valence-electron chi connectivity index (χ4n) is 7.91. The number of para-hydroxylation sites is 2. The molecule has 2 atom stereocenters. The van der Waals surface area contributed by atoms with Crippen LogP contribution in [0.2, 0.25) is 0 Å². The lowest BCUT2D eigenvalue weighted by Crippen LogP contribution is -2.48. The first-order chi connectivity index (χ1) is 18.8. The number of hydrogen-bond acceptors (Lipinski definition) is 0. The van der Waals surface area contributed by atoms with E-state index < -0.39 is 0 Å². The Bertz CT molecular complexity index is 2010. The molecular weight excluding hydrogens is 459 g/mol. The van der Waals surface area contributed by atoms with E-state index in [1.807, 2.05) is 6.08 Å². The van der Waals surface area contributed by atoms with E-state index in [1.165, 1.54) is 72.1 Å². The number of allylic oxidation sites excluding steroid dienone is 9. The van der Waals surface area contributed by atoms with Gasteiger partial charge in [0.05, 0.1) is 11.0 Å². The number of aromatic nitrogens is 2. The molecule has 2 aromatic heterocycles. The molecule has 9 rings (SSSR count). The smallest absolute Gasteiger partial charge is 0.268 e. The van der Waals surface area contributed by atoms with Crippen molar-refractivity contribution in [3.05, 3.63) is 133 Å². The molecule has 0 amide bonds. The second-order valence-electron chi connectivity index (χ2n) is 10.8. The molecule has 0 spiro atoms.